The molecule has 0 saturated heterocycles. The summed E-state index contributed by atoms with van der Waals surface area (Å²) in [6.07, 6.45) is -0.227. The molecule has 234 valence electrons. The summed E-state index contributed by atoms with van der Waals surface area (Å²) in [6.45, 7) is 3.42. The SMILES string of the molecule is CC(C)C[C@H](NC(=O)OCc1ccccc1)C(=O)N[C@@H](Cc1ccccc1)C(=O)COP(=O)(c1ccccc1)c1ccccc1. The van der Waals surface area contributed by atoms with Crippen molar-refractivity contribution in [2.24, 2.45) is 5.92 Å². The number of ether oxygens (including phenoxy) is 1. The molecule has 0 radical (unpaired) electrons. The Kier molecular flexibility index (Phi) is 12.3. The van der Waals surface area contributed by atoms with E-state index in [0.29, 0.717) is 17.0 Å². The van der Waals surface area contributed by atoms with Gasteiger partial charge in [-0.25, -0.2) is 4.79 Å². The monoisotopic (exact) mass is 626 g/mol. The molecule has 0 aliphatic carbocycles. The van der Waals surface area contributed by atoms with Gasteiger partial charge in [-0.05, 0) is 54.2 Å². The van der Waals surface area contributed by atoms with Gasteiger partial charge in [-0.2, -0.15) is 0 Å². The van der Waals surface area contributed by atoms with Crippen molar-refractivity contribution in [3.63, 3.8) is 0 Å². The normalized spacial score (nSPS) is 12.6. The van der Waals surface area contributed by atoms with E-state index in [1.165, 1.54) is 0 Å². The lowest BCUT2D eigenvalue weighted by atomic mass is 10.00. The van der Waals surface area contributed by atoms with Crippen LogP contribution < -0.4 is 21.2 Å². The molecule has 0 aliphatic rings. The zero-order valence-corrected chi connectivity index (χ0v) is 26.4. The largest absolute Gasteiger partial charge is 0.445 e. The number of hydrogen-bond acceptors (Lipinski definition) is 6. The highest BCUT2D eigenvalue weighted by molar-refractivity contribution is 7.74. The number of hydrogen-bond donors (Lipinski definition) is 2. The Morgan fingerprint density at radius 1 is 0.667 bits per heavy atom. The van der Waals surface area contributed by atoms with E-state index in [1.807, 2.05) is 86.6 Å². The van der Waals surface area contributed by atoms with Crippen molar-refractivity contribution in [1.29, 1.82) is 0 Å². The van der Waals surface area contributed by atoms with Crippen LogP contribution in [0.15, 0.2) is 121 Å². The molecule has 4 aromatic carbocycles. The molecule has 4 aromatic rings. The number of carbonyl (C=O) groups excluding carboxylic acids is 3. The smallest absolute Gasteiger partial charge is 0.408 e. The summed E-state index contributed by atoms with van der Waals surface area (Å²) in [5.74, 6) is -0.914. The van der Waals surface area contributed by atoms with Crippen molar-refractivity contribution in [1.82, 2.24) is 10.6 Å². The highest BCUT2D eigenvalue weighted by atomic mass is 31.2. The second kappa shape index (κ2) is 16.5. The molecule has 2 atom stereocenters. The predicted octanol–water partition coefficient (Wildman–Crippen LogP) is 5.57. The van der Waals surface area contributed by atoms with Gasteiger partial charge in [0.05, 0.1) is 6.04 Å². The average Bonchev–Trinajstić information content (AvgIpc) is 3.07. The Labute approximate surface area is 264 Å². The molecule has 2 N–H and O–H groups in total. The lowest BCUT2D eigenvalue weighted by molar-refractivity contribution is -0.130. The van der Waals surface area contributed by atoms with Gasteiger partial charge < -0.3 is 19.9 Å². The van der Waals surface area contributed by atoms with Crippen molar-refractivity contribution < 1.29 is 28.2 Å². The Balaban J connectivity index is 1.51. The maximum atomic E-state index is 14.3. The second-order valence-corrected chi connectivity index (χ2v) is 13.5. The van der Waals surface area contributed by atoms with E-state index in [-0.39, 0.29) is 18.9 Å². The van der Waals surface area contributed by atoms with E-state index in [1.54, 1.807) is 48.5 Å². The Morgan fingerprint density at radius 2 is 1.16 bits per heavy atom. The summed E-state index contributed by atoms with van der Waals surface area (Å²) >= 11 is 0. The summed E-state index contributed by atoms with van der Waals surface area (Å²) in [5, 5.41) is 6.42. The quantitative estimate of drug-likeness (QED) is 0.167. The molecule has 9 heteroatoms. The third-order valence-electron chi connectivity index (χ3n) is 7.10. The van der Waals surface area contributed by atoms with Crippen molar-refractivity contribution in [3.05, 3.63) is 132 Å². The number of ketones is 1. The van der Waals surface area contributed by atoms with Crippen LogP contribution in [0.3, 0.4) is 0 Å². The third kappa shape index (κ3) is 10.00. The van der Waals surface area contributed by atoms with Gasteiger partial charge in [0.1, 0.15) is 19.3 Å². The Morgan fingerprint density at radius 3 is 1.67 bits per heavy atom. The molecule has 0 saturated carbocycles. The zero-order chi connectivity index (χ0) is 32.1. The molecule has 0 unspecified atom stereocenters. The van der Waals surface area contributed by atoms with Crippen LogP contribution in [-0.2, 0) is 36.4 Å². The number of nitrogens with one attached hydrogen (secondary N) is 2. The van der Waals surface area contributed by atoms with E-state index in [4.69, 9.17) is 9.26 Å². The minimum atomic E-state index is -3.63. The van der Waals surface area contributed by atoms with Gasteiger partial charge in [0.2, 0.25) is 5.91 Å². The van der Waals surface area contributed by atoms with Crippen LogP contribution in [-0.4, -0.2) is 36.5 Å². The summed E-state index contributed by atoms with van der Waals surface area (Å²) in [4.78, 5) is 40.0. The molecule has 4 rings (SSSR count). The summed E-state index contributed by atoms with van der Waals surface area (Å²) in [6, 6.07) is 34.1. The summed E-state index contributed by atoms with van der Waals surface area (Å²) in [5.41, 5.74) is 1.63. The third-order valence-corrected chi connectivity index (χ3v) is 9.55. The molecule has 45 heavy (non-hydrogen) atoms. The van der Waals surface area contributed by atoms with E-state index < -0.39 is 43.8 Å². The van der Waals surface area contributed by atoms with E-state index in [2.05, 4.69) is 10.6 Å². The zero-order valence-electron chi connectivity index (χ0n) is 25.5. The number of carbonyl (C=O) groups is 3. The van der Waals surface area contributed by atoms with Gasteiger partial charge in [0.15, 0.2) is 5.78 Å². The highest BCUT2D eigenvalue weighted by Gasteiger charge is 2.32. The average molecular weight is 627 g/mol. The first-order valence-corrected chi connectivity index (χ1v) is 16.6. The van der Waals surface area contributed by atoms with Crippen molar-refractivity contribution >= 4 is 35.8 Å². The van der Waals surface area contributed by atoms with Crippen molar-refractivity contribution in [3.8, 4) is 0 Å². The van der Waals surface area contributed by atoms with Gasteiger partial charge in [-0.15, -0.1) is 0 Å². The van der Waals surface area contributed by atoms with E-state index in [9.17, 15) is 18.9 Å². The highest BCUT2D eigenvalue weighted by Crippen LogP contribution is 2.44. The fourth-order valence-corrected chi connectivity index (χ4v) is 6.81. The number of Topliss-reactive ketones (excluding diaryl/α,β-unsaturated/α-hetero) is 1. The number of rotatable bonds is 15. The maximum Gasteiger partial charge on any atom is 0.408 e. The standard InChI is InChI=1S/C36H39N2O6P/c1-27(2)23-33(38-36(41)43-25-29-17-9-4-10-18-29)35(40)37-32(24-28-15-7-3-8-16-28)34(39)26-44-45(42,30-19-11-5-12-20-30)31-21-13-6-14-22-31/h3-22,27,32-33H,23-26H2,1-2H3,(H,37,40)(H,38,41)/t32-,33-/m0/s1. The summed E-state index contributed by atoms with van der Waals surface area (Å²) in [7, 11) is -3.63. The lowest BCUT2D eigenvalue weighted by Crippen LogP contribution is -2.53. The molecule has 0 bridgehead atoms. The van der Waals surface area contributed by atoms with Crippen LogP contribution in [0.5, 0.6) is 0 Å². The van der Waals surface area contributed by atoms with Crippen LogP contribution in [0.4, 0.5) is 4.79 Å². The van der Waals surface area contributed by atoms with Gasteiger partial charge in [-0.3, -0.25) is 14.2 Å². The van der Waals surface area contributed by atoms with Crippen LogP contribution in [0.2, 0.25) is 0 Å². The lowest BCUT2D eigenvalue weighted by Gasteiger charge is -2.25. The topological polar surface area (TPSA) is 111 Å². The second-order valence-electron chi connectivity index (χ2n) is 11.1. The first-order valence-electron chi connectivity index (χ1n) is 14.9. The van der Waals surface area contributed by atoms with Gasteiger partial charge >= 0.3 is 6.09 Å². The predicted molar refractivity (Wildman–Crippen MR) is 176 cm³/mol. The Bertz CT molecular complexity index is 1520. The molecule has 0 aromatic heterocycles. The molecule has 2 amide bonds. The van der Waals surface area contributed by atoms with Gasteiger partial charge in [0, 0.05) is 10.6 Å². The molecular weight excluding hydrogens is 587 g/mol. The fourth-order valence-electron chi connectivity index (χ4n) is 4.78. The number of alkyl carbamates (subject to hydrolysis) is 1. The molecule has 8 nitrogen and oxygen atoms in total. The fraction of sp³-hybridized carbons (Fsp3) is 0.250. The molecular formula is C36H39N2O6P. The minimum Gasteiger partial charge on any atom is -0.445 e. The maximum absolute atomic E-state index is 14.3. The molecule has 0 heterocycles. The number of benzene rings is 4. The number of amides is 2. The van der Waals surface area contributed by atoms with Crippen molar-refractivity contribution in [2.45, 2.75) is 45.4 Å². The summed E-state index contributed by atoms with van der Waals surface area (Å²) < 4.78 is 25.7. The van der Waals surface area contributed by atoms with Crippen LogP contribution in [0, 0.1) is 5.92 Å². The van der Waals surface area contributed by atoms with E-state index >= 15 is 0 Å². The molecule has 0 aliphatic heterocycles. The Hall–Kier alpha value is -4.52. The molecule has 0 fully saturated rings. The van der Waals surface area contributed by atoms with Crippen LogP contribution >= 0.6 is 7.37 Å². The first kappa shape index (κ1) is 33.4. The minimum absolute atomic E-state index is 0.0536. The van der Waals surface area contributed by atoms with Crippen LogP contribution in [0.25, 0.3) is 0 Å². The molecule has 0 spiro atoms. The first-order chi connectivity index (χ1) is 21.7. The van der Waals surface area contributed by atoms with E-state index in [0.717, 1.165) is 11.1 Å². The van der Waals surface area contributed by atoms with Gasteiger partial charge in [-0.1, -0.05) is 111 Å². The van der Waals surface area contributed by atoms with Crippen molar-refractivity contribution in [2.75, 3.05) is 6.61 Å². The van der Waals surface area contributed by atoms with Gasteiger partial charge in [0.25, 0.3) is 7.37 Å². The van der Waals surface area contributed by atoms with Crippen LogP contribution in [0.1, 0.15) is 31.4 Å².